The first-order chi connectivity index (χ1) is 15.8. The standard InChI is InChI=1S/C22H23ClN4O6/c23-14-6-8-15(9-7-14)27-17(13-4-2-1-3-5-13)10-16(26-27)22(33)25-24-11-18(29)20(31)21(32)19(30)12-28/h1-11,18-21,28-32H,12H2,(H,25,33)/b24-11-/t18-,19+,20-,21-/m0/s1. The predicted octanol–water partition coefficient (Wildman–Crippen LogP) is 0.344. The van der Waals surface area contributed by atoms with Gasteiger partial charge in [0.1, 0.15) is 24.4 Å². The quantitative estimate of drug-likeness (QED) is 0.192. The number of hydrogen-bond donors (Lipinski definition) is 6. The SMILES string of the molecule is O=C(N/N=C\[C@H](O)[C@H](O)[C@@H](O)[C@H](O)CO)c1cc(-c2ccccc2)n(-c2ccc(Cl)cc2)n1. The molecule has 0 aliphatic heterocycles. The third-order valence-electron chi connectivity index (χ3n) is 4.76. The number of aliphatic hydroxyl groups excluding tert-OH is 5. The fourth-order valence-corrected chi connectivity index (χ4v) is 3.07. The van der Waals surface area contributed by atoms with Gasteiger partial charge in [0.2, 0.25) is 0 Å². The summed E-state index contributed by atoms with van der Waals surface area (Å²) < 4.78 is 1.58. The van der Waals surface area contributed by atoms with Crippen molar-refractivity contribution in [2.75, 3.05) is 6.61 Å². The minimum absolute atomic E-state index is 0.0340. The molecule has 1 aromatic heterocycles. The zero-order valence-electron chi connectivity index (χ0n) is 17.2. The lowest BCUT2D eigenvalue weighted by atomic mass is 10.0. The van der Waals surface area contributed by atoms with Crippen LogP contribution in [0.25, 0.3) is 16.9 Å². The minimum Gasteiger partial charge on any atom is -0.394 e. The van der Waals surface area contributed by atoms with Crippen molar-refractivity contribution >= 4 is 23.7 Å². The van der Waals surface area contributed by atoms with Gasteiger partial charge in [-0.3, -0.25) is 4.79 Å². The highest BCUT2D eigenvalue weighted by Crippen LogP contribution is 2.24. The summed E-state index contributed by atoms with van der Waals surface area (Å²) in [6.45, 7) is -0.807. The predicted molar refractivity (Wildman–Crippen MR) is 121 cm³/mol. The van der Waals surface area contributed by atoms with Gasteiger partial charge < -0.3 is 25.5 Å². The third-order valence-corrected chi connectivity index (χ3v) is 5.01. The Morgan fingerprint density at radius 1 is 1.06 bits per heavy atom. The topological polar surface area (TPSA) is 160 Å². The molecule has 3 aromatic rings. The molecule has 0 bridgehead atoms. The fraction of sp³-hybridized carbons (Fsp3) is 0.227. The normalized spacial score (nSPS) is 15.2. The first-order valence-corrected chi connectivity index (χ1v) is 10.3. The summed E-state index contributed by atoms with van der Waals surface area (Å²) in [5.74, 6) is -0.686. The first-order valence-electron chi connectivity index (χ1n) is 9.90. The summed E-state index contributed by atoms with van der Waals surface area (Å²) >= 11 is 5.97. The molecule has 2 aromatic carbocycles. The van der Waals surface area contributed by atoms with E-state index in [4.69, 9.17) is 16.7 Å². The second-order valence-electron chi connectivity index (χ2n) is 7.11. The number of halogens is 1. The summed E-state index contributed by atoms with van der Waals surface area (Å²) in [7, 11) is 0. The van der Waals surface area contributed by atoms with Gasteiger partial charge in [-0.05, 0) is 30.3 Å². The number of carbonyl (C=O) groups is 1. The van der Waals surface area contributed by atoms with Crippen molar-refractivity contribution in [2.24, 2.45) is 5.10 Å². The van der Waals surface area contributed by atoms with Crippen LogP contribution in [-0.4, -0.2) is 78.5 Å². The highest BCUT2D eigenvalue weighted by Gasteiger charge is 2.29. The molecule has 4 atom stereocenters. The Morgan fingerprint density at radius 2 is 1.73 bits per heavy atom. The molecule has 3 rings (SSSR count). The molecule has 10 nitrogen and oxygen atoms in total. The van der Waals surface area contributed by atoms with Crippen LogP contribution < -0.4 is 5.43 Å². The van der Waals surface area contributed by atoms with Crippen LogP contribution in [0.1, 0.15) is 10.5 Å². The Kier molecular flexibility index (Phi) is 8.28. The summed E-state index contributed by atoms with van der Waals surface area (Å²) in [5, 5.41) is 55.9. The van der Waals surface area contributed by atoms with Crippen LogP contribution in [-0.2, 0) is 0 Å². The number of hydrogen-bond acceptors (Lipinski definition) is 8. The number of nitrogens with one attached hydrogen (secondary N) is 1. The Hall–Kier alpha value is -3.12. The van der Waals surface area contributed by atoms with E-state index in [0.717, 1.165) is 11.8 Å². The lowest BCUT2D eigenvalue weighted by molar-refractivity contribution is -0.0999. The average Bonchev–Trinajstić information content (AvgIpc) is 3.29. The number of hydrazone groups is 1. The van der Waals surface area contributed by atoms with E-state index in [-0.39, 0.29) is 5.69 Å². The lowest BCUT2D eigenvalue weighted by Gasteiger charge is -2.23. The van der Waals surface area contributed by atoms with Crippen molar-refractivity contribution in [3.8, 4) is 16.9 Å². The van der Waals surface area contributed by atoms with Crippen LogP contribution in [0.3, 0.4) is 0 Å². The second kappa shape index (κ2) is 11.1. The van der Waals surface area contributed by atoms with E-state index >= 15 is 0 Å². The van der Waals surface area contributed by atoms with E-state index in [1.807, 2.05) is 30.3 Å². The van der Waals surface area contributed by atoms with Gasteiger partial charge in [0.05, 0.1) is 24.2 Å². The number of rotatable bonds is 9. The smallest absolute Gasteiger partial charge is 0.291 e. The molecular weight excluding hydrogens is 452 g/mol. The van der Waals surface area contributed by atoms with Crippen LogP contribution in [0.4, 0.5) is 0 Å². The number of aliphatic hydroxyl groups is 5. The zero-order valence-corrected chi connectivity index (χ0v) is 18.0. The highest BCUT2D eigenvalue weighted by molar-refractivity contribution is 6.30. The maximum absolute atomic E-state index is 12.6. The van der Waals surface area contributed by atoms with Gasteiger partial charge in [0.25, 0.3) is 5.91 Å². The van der Waals surface area contributed by atoms with Crippen LogP contribution >= 0.6 is 11.6 Å². The van der Waals surface area contributed by atoms with E-state index in [1.165, 1.54) is 0 Å². The Balaban J connectivity index is 1.79. The maximum atomic E-state index is 12.6. The molecule has 33 heavy (non-hydrogen) atoms. The van der Waals surface area contributed by atoms with Crippen molar-refractivity contribution in [1.82, 2.24) is 15.2 Å². The highest BCUT2D eigenvalue weighted by atomic mass is 35.5. The van der Waals surface area contributed by atoms with Crippen LogP contribution in [0.5, 0.6) is 0 Å². The molecule has 174 valence electrons. The van der Waals surface area contributed by atoms with Gasteiger partial charge in [-0.15, -0.1) is 0 Å². The van der Waals surface area contributed by atoms with Crippen molar-refractivity contribution in [3.05, 3.63) is 71.4 Å². The van der Waals surface area contributed by atoms with E-state index < -0.39 is 36.9 Å². The zero-order chi connectivity index (χ0) is 24.0. The molecule has 1 heterocycles. The summed E-state index contributed by atoms with van der Waals surface area (Å²) in [6, 6.07) is 17.8. The monoisotopic (exact) mass is 474 g/mol. The number of aromatic nitrogens is 2. The minimum atomic E-state index is -1.83. The van der Waals surface area contributed by atoms with E-state index in [0.29, 0.717) is 16.4 Å². The lowest BCUT2D eigenvalue weighted by Crippen LogP contribution is -2.46. The van der Waals surface area contributed by atoms with Gasteiger partial charge in [0.15, 0.2) is 5.69 Å². The molecule has 0 fully saturated rings. The van der Waals surface area contributed by atoms with Crippen molar-refractivity contribution < 1.29 is 30.3 Å². The maximum Gasteiger partial charge on any atom is 0.291 e. The van der Waals surface area contributed by atoms with Crippen molar-refractivity contribution in [3.63, 3.8) is 0 Å². The first kappa shape index (κ1) is 24.5. The molecular formula is C22H23ClN4O6. The van der Waals surface area contributed by atoms with Crippen LogP contribution in [0.2, 0.25) is 5.02 Å². The third kappa shape index (κ3) is 6.02. The molecule has 11 heteroatoms. The number of nitrogens with zero attached hydrogens (tertiary/aromatic N) is 3. The largest absolute Gasteiger partial charge is 0.394 e. The molecule has 0 spiro atoms. The average molecular weight is 475 g/mol. The Morgan fingerprint density at radius 3 is 2.36 bits per heavy atom. The fourth-order valence-electron chi connectivity index (χ4n) is 2.94. The molecule has 1 amide bonds. The van der Waals surface area contributed by atoms with Crippen LogP contribution in [0, 0.1) is 0 Å². The Bertz CT molecular complexity index is 1090. The van der Waals surface area contributed by atoms with E-state index in [2.05, 4.69) is 15.6 Å². The number of amides is 1. The Labute approximate surface area is 194 Å². The van der Waals surface area contributed by atoms with Gasteiger partial charge in [-0.2, -0.15) is 10.2 Å². The van der Waals surface area contributed by atoms with Gasteiger partial charge in [0, 0.05) is 10.6 Å². The molecule has 0 unspecified atom stereocenters. The van der Waals surface area contributed by atoms with Crippen molar-refractivity contribution in [2.45, 2.75) is 24.4 Å². The molecule has 0 saturated carbocycles. The number of benzene rings is 2. The molecule has 0 aliphatic rings. The van der Waals surface area contributed by atoms with Gasteiger partial charge in [-0.25, -0.2) is 10.1 Å². The second-order valence-corrected chi connectivity index (χ2v) is 7.55. The molecule has 0 saturated heterocycles. The van der Waals surface area contributed by atoms with E-state index in [1.54, 1.807) is 35.0 Å². The summed E-state index contributed by atoms with van der Waals surface area (Å²) in [4.78, 5) is 12.6. The van der Waals surface area contributed by atoms with Crippen LogP contribution in [0.15, 0.2) is 65.8 Å². The molecule has 0 aliphatic carbocycles. The van der Waals surface area contributed by atoms with Crippen molar-refractivity contribution in [1.29, 1.82) is 0 Å². The van der Waals surface area contributed by atoms with Gasteiger partial charge in [-0.1, -0.05) is 41.9 Å². The summed E-state index contributed by atoms with van der Waals surface area (Å²) in [5.41, 5.74) is 4.36. The number of carbonyl (C=O) groups excluding carboxylic acids is 1. The van der Waals surface area contributed by atoms with Gasteiger partial charge >= 0.3 is 0 Å². The summed E-state index contributed by atoms with van der Waals surface area (Å²) in [6.07, 6.45) is -6.22. The molecule has 0 radical (unpaired) electrons. The molecule has 6 N–H and O–H groups in total. The van der Waals surface area contributed by atoms with E-state index in [9.17, 15) is 25.2 Å².